The molecule has 1 atom stereocenters. The molecule has 0 spiro atoms. The second-order valence-electron chi connectivity index (χ2n) is 7.52. The molecule has 0 radical (unpaired) electrons. The normalized spacial score (nSPS) is 15.6. The summed E-state index contributed by atoms with van der Waals surface area (Å²) < 4.78 is 66.9. The molecule has 9 nitrogen and oxygen atoms in total. The van der Waals surface area contributed by atoms with Crippen LogP contribution in [0, 0.1) is 11.6 Å². The number of benzene rings is 2. The summed E-state index contributed by atoms with van der Waals surface area (Å²) in [6.07, 6.45) is 0.248. The first kappa shape index (κ1) is 23.8. The number of aromatic nitrogens is 2. The van der Waals surface area contributed by atoms with Gasteiger partial charge in [-0.25, -0.2) is 17.2 Å². The van der Waals surface area contributed by atoms with E-state index < -0.39 is 33.7 Å². The Balaban J connectivity index is 1.62. The summed E-state index contributed by atoms with van der Waals surface area (Å²) in [5.74, 6) is -2.55. The van der Waals surface area contributed by atoms with Crippen LogP contribution in [0.25, 0.3) is 0 Å². The molecule has 0 saturated carbocycles. The predicted molar refractivity (Wildman–Crippen MR) is 118 cm³/mol. The van der Waals surface area contributed by atoms with E-state index in [1.165, 1.54) is 33.3 Å². The number of nitrogens with zero attached hydrogens (tertiary/aromatic N) is 3. The molecular weight excluding hydrogens is 470 g/mol. The van der Waals surface area contributed by atoms with Crippen LogP contribution in [-0.2, 0) is 26.6 Å². The van der Waals surface area contributed by atoms with Crippen molar-refractivity contribution >= 4 is 21.7 Å². The van der Waals surface area contributed by atoms with Gasteiger partial charge in [-0.05, 0) is 24.3 Å². The van der Waals surface area contributed by atoms with Gasteiger partial charge in [0, 0.05) is 44.0 Å². The number of rotatable bonds is 7. The maximum atomic E-state index is 14.2. The lowest BCUT2D eigenvalue weighted by molar-refractivity contribution is -0.123. The third kappa shape index (κ3) is 5.24. The Bertz CT molecular complexity index is 1270. The van der Waals surface area contributed by atoms with Gasteiger partial charge in [-0.15, -0.1) is 0 Å². The highest BCUT2D eigenvalue weighted by atomic mass is 32.2. The Morgan fingerprint density at radius 2 is 1.82 bits per heavy atom. The van der Waals surface area contributed by atoms with E-state index in [0.29, 0.717) is 19.3 Å². The van der Waals surface area contributed by atoms with Crippen LogP contribution in [0.5, 0.6) is 5.75 Å². The predicted octanol–water partition coefficient (Wildman–Crippen LogP) is 2.48. The molecule has 1 saturated heterocycles. The number of amides is 1. The van der Waals surface area contributed by atoms with Gasteiger partial charge in [0.1, 0.15) is 5.82 Å². The van der Waals surface area contributed by atoms with Crippen molar-refractivity contribution < 1.29 is 31.5 Å². The van der Waals surface area contributed by atoms with Crippen LogP contribution in [0.4, 0.5) is 14.6 Å². The van der Waals surface area contributed by atoms with Gasteiger partial charge in [-0.3, -0.25) is 9.48 Å². The highest BCUT2D eigenvalue weighted by molar-refractivity contribution is 7.89. The third-order valence-corrected chi connectivity index (χ3v) is 7.05. The van der Waals surface area contributed by atoms with Gasteiger partial charge in [0.25, 0.3) is 5.91 Å². The monoisotopic (exact) mass is 492 g/mol. The van der Waals surface area contributed by atoms with Crippen LogP contribution in [0.15, 0.2) is 59.6 Å². The van der Waals surface area contributed by atoms with E-state index in [1.54, 1.807) is 19.3 Å². The molecule has 1 amide bonds. The van der Waals surface area contributed by atoms with Gasteiger partial charge in [0.2, 0.25) is 16.1 Å². The molecule has 1 aliphatic rings. The molecule has 1 fully saturated rings. The fourth-order valence-electron chi connectivity index (χ4n) is 3.39. The van der Waals surface area contributed by atoms with Crippen molar-refractivity contribution in [3.05, 3.63) is 71.9 Å². The molecule has 0 bridgehead atoms. The van der Waals surface area contributed by atoms with Gasteiger partial charge in [0.05, 0.1) is 18.1 Å². The summed E-state index contributed by atoms with van der Waals surface area (Å²) in [4.78, 5) is 13.0. The van der Waals surface area contributed by atoms with E-state index in [0.717, 1.165) is 12.1 Å². The third-order valence-electron chi connectivity index (χ3n) is 5.13. The first-order chi connectivity index (χ1) is 16.2. The van der Waals surface area contributed by atoms with Gasteiger partial charge in [-0.2, -0.15) is 9.40 Å². The number of carbonyl (C=O) groups is 1. The van der Waals surface area contributed by atoms with E-state index in [2.05, 4.69) is 10.4 Å². The number of halogens is 2. The standard InChI is InChI=1S/C22H22F2N4O5S/c1-27-9-8-20(26-27)25-22(29)21(33-19-7-4-16(23)14-18(19)24)15-2-5-17(6-3-15)34(30,31)28-10-12-32-13-11-28/h2-9,14,21H,10-13H2,1H3,(H,25,26,29). The molecule has 3 aromatic rings. The van der Waals surface area contributed by atoms with Crippen molar-refractivity contribution in [2.24, 2.45) is 7.05 Å². The van der Waals surface area contributed by atoms with Crippen LogP contribution in [0.1, 0.15) is 11.7 Å². The number of aryl methyl sites for hydroxylation is 1. The van der Waals surface area contributed by atoms with E-state index in [-0.39, 0.29) is 35.1 Å². The van der Waals surface area contributed by atoms with Crippen molar-refractivity contribution in [2.75, 3.05) is 31.6 Å². The number of hydrogen-bond acceptors (Lipinski definition) is 6. The molecule has 34 heavy (non-hydrogen) atoms. The lowest BCUT2D eigenvalue weighted by Gasteiger charge is -2.26. The molecule has 1 N–H and O–H groups in total. The summed E-state index contributed by atoms with van der Waals surface area (Å²) in [6.45, 7) is 1.10. The van der Waals surface area contributed by atoms with E-state index >= 15 is 0 Å². The number of nitrogens with one attached hydrogen (secondary N) is 1. The second kappa shape index (κ2) is 9.87. The Hall–Kier alpha value is -3.35. The molecule has 2 heterocycles. The zero-order valence-electron chi connectivity index (χ0n) is 18.1. The smallest absolute Gasteiger partial charge is 0.271 e. The molecular formula is C22H22F2N4O5S. The lowest BCUT2D eigenvalue weighted by Crippen LogP contribution is -2.40. The number of hydrogen-bond donors (Lipinski definition) is 1. The number of sulfonamides is 1. The minimum absolute atomic E-state index is 0.0370. The highest BCUT2D eigenvalue weighted by Gasteiger charge is 2.29. The van der Waals surface area contributed by atoms with Crippen molar-refractivity contribution in [1.29, 1.82) is 0 Å². The Labute approximate surface area is 194 Å². The van der Waals surface area contributed by atoms with Gasteiger partial charge >= 0.3 is 0 Å². The first-order valence-electron chi connectivity index (χ1n) is 10.3. The van der Waals surface area contributed by atoms with Crippen molar-refractivity contribution in [3.63, 3.8) is 0 Å². The van der Waals surface area contributed by atoms with E-state index in [1.807, 2.05) is 0 Å². The molecule has 1 unspecified atom stereocenters. The number of anilines is 1. The number of ether oxygens (including phenoxy) is 2. The SMILES string of the molecule is Cn1ccc(NC(=O)C(Oc2ccc(F)cc2F)c2ccc(S(=O)(=O)N3CCOCC3)cc2)n1. The van der Waals surface area contributed by atoms with Crippen LogP contribution in [-0.4, -0.2) is 54.7 Å². The summed E-state index contributed by atoms with van der Waals surface area (Å²) in [6, 6.07) is 9.81. The summed E-state index contributed by atoms with van der Waals surface area (Å²) >= 11 is 0. The van der Waals surface area contributed by atoms with Crippen molar-refractivity contribution in [3.8, 4) is 5.75 Å². The van der Waals surface area contributed by atoms with Gasteiger partial charge in [0.15, 0.2) is 17.4 Å². The average Bonchev–Trinajstić information content (AvgIpc) is 3.23. The summed E-state index contributed by atoms with van der Waals surface area (Å²) in [5, 5.41) is 6.65. The quantitative estimate of drug-likeness (QED) is 0.544. The molecule has 1 aliphatic heterocycles. The Kier molecular flexibility index (Phi) is 6.91. The van der Waals surface area contributed by atoms with E-state index in [9.17, 15) is 22.0 Å². The first-order valence-corrected chi connectivity index (χ1v) is 11.8. The largest absolute Gasteiger partial charge is 0.473 e. The van der Waals surface area contributed by atoms with Crippen LogP contribution in [0.2, 0.25) is 0 Å². The van der Waals surface area contributed by atoms with E-state index in [4.69, 9.17) is 9.47 Å². The number of morpholine rings is 1. The van der Waals surface area contributed by atoms with Crippen molar-refractivity contribution in [1.82, 2.24) is 14.1 Å². The maximum Gasteiger partial charge on any atom is 0.271 e. The highest BCUT2D eigenvalue weighted by Crippen LogP contribution is 2.28. The lowest BCUT2D eigenvalue weighted by atomic mass is 10.1. The van der Waals surface area contributed by atoms with Gasteiger partial charge in [-0.1, -0.05) is 12.1 Å². The number of carbonyl (C=O) groups excluding carboxylic acids is 1. The van der Waals surface area contributed by atoms with Crippen molar-refractivity contribution in [2.45, 2.75) is 11.0 Å². The minimum atomic E-state index is -3.74. The fraction of sp³-hybridized carbons (Fsp3) is 0.273. The molecule has 4 rings (SSSR count). The zero-order valence-corrected chi connectivity index (χ0v) is 19.0. The summed E-state index contributed by atoms with van der Waals surface area (Å²) in [7, 11) is -2.07. The van der Waals surface area contributed by atoms with Gasteiger partial charge < -0.3 is 14.8 Å². The Morgan fingerprint density at radius 3 is 2.44 bits per heavy atom. The average molecular weight is 493 g/mol. The topological polar surface area (TPSA) is 103 Å². The minimum Gasteiger partial charge on any atom is -0.473 e. The Morgan fingerprint density at radius 1 is 1.12 bits per heavy atom. The van der Waals surface area contributed by atoms with Crippen LogP contribution in [0.3, 0.4) is 0 Å². The van der Waals surface area contributed by atoms with Crippen LogP contribution < -0.4 is 10.1 Å². The molecule has 0 aliphatic carbocycles. The summed E-state index contributed by atoms with van der Waals surface area (Å²) in [5.41, 5.74) is 0.262. The fourth-order valence-corrected chi connectivity index (χ4v) is 4.80. The van der Waals surface area contributed by atoms with Crippen LogP contribution >= 0.6 is 0 Å². The maximum absolute atomic E-state index is 14.2. The second-order valence-corrected chi connectivity index (χ2v) is 9.46. The molecule has 2 aromatic carbocycles. The molecule has 1 aromatic heterocycles. The zero-order chi connectivity index (χ0) is 24.3. The molecule has 180 valence electrons. The molecule has 12 heteroatoms.